The number of amides is 1. The number of benzene rings is 2. The molecule has 1 heterocycles. The first kappa shape index (κ1) is 13.6. The molecule has 3 rings (SSSR count). The lowest BCUT2D eigenvalue weighted by Crippen LogP contribution is -2.31. The zero-order chi connectivity index (χ0) is 14.8. The Labute approximate surface area is 123 Å². The SMILES string of the molecule is Nc1ccc(F)c(C(=O)N2CCCC2c2ccccc2)c1. The monoisotopic (exact) mass is 284 g/mol. The second-order valence-electron chi connectivity index (χ2n) is 5.31. The maximum absolute atomic E-state index is 13.9. The minimum atomic E-state index is -0.520. The molecule has 0 spiro atoms. The van der Waals surface area contributed by atoms with Crippen LogP contribution in [0.3, 0.4) is 0 Å². The fraction of sp³-hybridized carbons (Fsp3) is 0.235. The van der Waals surface area contributed by atoms with Gasteiger partial charge in [-0.3, -0.25) is 4.79 Å². The highest BCUT2D eigenvalue weighted by atomic mass is 19.1. The van der Waals surface area contributed by atoms with Crippen molar-refractivity contribution in [3.63, 3.8) is 0 Å². The van der Waals surface area contributed by atoms with Gasteiger partial charge in [0.05, 0.1) is 11.6 Å². The van der Waals surface area contributed by atoms with Crippen LogP contribution >= 0.6 is 0 Å². The van der Waals surface area contributed by atoms with Crippen molar-refractivity contribution in [3.8, 4) is 0 Å². The van der Waals surface area contributed by atoms with Crippen molar-refractivity contribution in [1.82, 2.24) is 4.90 Å². The van der Waals surface area contributed by atoms with E-state index in [1.807, 2.05) is 30.3 Å². The molecule has 2 N–H and O–H groups in total. The van der Waals surface area contributed by atoms with E-state index < -0.39 is 5.82 Å². The van der Waals surface area contributed by atoms with Crippen LogP contribution < -0.4 is 5.73 Å². The topological polar surface area (TPSA) is 46.3 Å². The molecular formula is C17H17FN2O. The molecule has 0 radical (unpaired) electrons. The summed E-state index contributed by atoms with van der Waals surface area (Å²) in [5.41, 5.74) is 7.21. The summed E-state index contributed by atoms with van der Waals surface area (Å²) in [7, 11) is 0. The molecule has 1 aliphatic rings. The number of carbonyl (C=O) groups is 1. The Hall–Kier alpha value is -2.36. The predicted octanol–water partition coefficient (Wildman–Crippen LogP) is 3.39. The number of nitrogen functional groups attached to an aromatic ring is 1. The van der Waals surface area contributed by atoms with Gasteiger partial charge in [-0.05, 0) is 36.6 Å². The highest BCUT2D eigenvalue weighted by molar-refractivity contribution is 5.95. The minimum absolute atomic E-state index is 0.0135. The molecule has 3 nitrogen and oxygen atoms in total. The van der Waals surface area contributed by atoms with Gasteiger partial charge in [0, 0.05) is 12.2 Å². The normalized spacial score (nSPS) is 18.0. The zero-order valence-electron chi connectivity index (χ0n) is 11.6. The third-order valence-electron chi connectivity index (χ3n) is 3.92. The number of rotatable bonds is 2. The largest absolute Gasteiger partial charge is 0.399 e. The summed E-state index contributed by atoms with van der Waals surface area (Å²) in [6.07, 6.45) is 1.83. The van der Waals surface area contributed by atoms with E-state index in [1.54, 1.807) is 4.90 Å². The number of nitrogens with two attached hydrogens (primary N) is 1. The summed E-state index contributed by atoms with van der Waals surface area (Å²) in [5, 5.41) is 0. The number of carbonyl (C=O) groups excluding carboxylic acids is 1. The van der Waals surface area contributed by atoms with Crippen molar-refractivity contribution < 1.29 is 9.18 Å². The number of hydrogen-bond donors (Lipinski definition) is 1. The van der Waals surface area contributed by atoms with Gasteiger partial charge in [-0.2, -0.15) is 0 Å². The zero-order valence-corrected chi connectivity index (χ0v) is 11.6. The van der Waals surface area contributed by atoms with E-state index >= 15 is 0 Å². The molecule has 1 atom stereocenters. The number of nitrogens with zero attached hydrogens (tertiary/aromatic N) is 1. The Bertz CT molecular complexity index is 657. The van der Waals surface area contributed by atoms with E-state index in [4.69, 9.17) is 5.73 Å². The van der Waals surface area contributed by atoms with Gasteiger partial charge < -0.3 is 10.6 Å². The molecule has 1 amide bonds. The fourth-order valence-corrected chi connectivity index (χ4v) is 2.89. The Morgan fingerprint density at radius 1 is 1.19 bits per heavy atom. The minimum Gasteiger partial charge on any atom is -0.399 e. The Balaban J connectivity index is 1.92. The van der Waals surface area contributed by atoms with E-state index in [0.717, 1.165) is 18.4 Å². The summed E-state index contributed by atoms with van der Waals surface area (Å²) < 4.78 is 13.9. The van der Waals surface area contributed by atoms with Crippen molar-refractivity contribution in [2.75, 3.05) is 12.3 Å². The van der Waals surface area contributed by atoms with Crippen LogP contribution in [-0.2, 0) is 0 Å². The lowest BCUT2D eigenvalue weighted by atomic mass is 10.0. The average molecular weight is 284 g/mol. The molecule has 2 aromatic carbocycles. The summed E-state index contributed by atoms with van der Waals surface area (Å²) in [5.74, 6) is -0.806. The molecule has 0 aliphatic carbocycles. The Morgan fingerprint density at radius 3 is 2.71 bits per heavy atom. The molecule has 0 saturated carbocycles. The molecule has 4 heteroatoms. The maximum Gasteiger partial charge on any atom is 0.257 e. The summed E-state index contributed by atoms with van der Waals surface area (Å²) in [4.78, 5) is 14.4. The van der Waals surface area contributed by atoms with Crippen LogP contribution in [0.25, 0.3) is 0 Å². The molecule has 2 aromatic rings. The number of likely N-dealkylation sites (tertiary alicyclic amines) is 1. The van der Waals surface area contributed by atoms with Crippen LogP contribution in [0.15, 0.2) is 48.5 Å². The van der Waals surface area contributed by atoms with Crippen LogP contribution in [0.2, 0.25) is 0 Å². The van der Waals surface area contributed by atoms with Gasteiger partial charge in [0.1, 0.15) is 5.82 Å². The first-order valence-corrected chi connectivity index (χ1v) is 7.08. The lowest BCUT2D eigenvalue weighted by molar-refractivity contribution is 0.0731. The maximum atomic E-state index is 13.9. The third-order valence-corrected chi connectivity index (χ3v) is 3.92. The quantitative estimate of drug-likeness (QED) is 0.859. The Morgan fingerprint density at radius 2 is 1.95 bits per heavy atom. The van der Waals surface area contributed by atoms with Crippen LogP contribution in [0.1, 0.15) is 34.8 Å². The molecule has 1 saturated heterocycles. The number of halogens is 1. The van der Waals surface area contributed by atoms with Crippen molar-refractivity contribution in [2.45, 2.75) is 18.9 Å². The van der Waals surface area contributed by atoms with Crippen molar-refractivity contribution in [2.24, 2.45) is 0 Å². The van der Waals surface area contributed by atoms with Crippen molar-refractivity contribution in [3.05, 3.63) is 65.5 Å². The third kappa shape index (κ3) is 2.61. The molecule has 1 fully saturated rings. The second kappa shape index (κ2) is 5.56. The highest BCUT2D eigenvalue weighted by Gasteiger charge is 2.31. The first-order chi connectivity index (χ1) is 10.2. The first-order valence-electron chi connectivity index (χ1n) is 7.08. The molecule has 0 aromatic heterocycles. The van der Waals surface area contributed by atoms with Gasteiger partial charge in [0.25, 0.3) is 5.91 Å². The van der Waals surface area contributed by atoms with Crippen LogP contribution in [-0.4, -0.2) is 17.4 Å². The number of hydrogen-bond acceptors (Lipinski definition) is 2. The van der Waals surface area contributed by atoms with Crippen LogP contribution in [0.4, 0.5) is 10.1 Å². The van der Waals surface area contributed by atoms with Gasteiger partial charge in [-0.1, -0.05) is 30.3 Å². The van der Waals surface area contributed by atoms with Gasteiger partial charge in [-0.15, -0.1) is 0 Å². The van der Waals surface area contributed by atoms with Gasteiger partial charge in [0.15, 0.2) is 0 Å². The average Bonchev–Trinajstić information content (AvgIpc) is 2.99. The van der Waals surface area contributed by atoms with E-state index in [0.29, 0.717) is 12.2 Å². The van der Waals surface area contributed by atoms with E-state index in [1.165, 1.54) is 18.2 Å². The summed E-state index contributed by atoms with van der Waals surface area (Å²) >= 11 is 0. The van der Waals surface area contributed by atoms with E-state index in [2.05, 4.69) is 0 Å². The lowest BCUT2D eigenvalue weighted by Gasteiger charge is -2.25. The van der Waals surface area contributed by atoms with Gasteiger partial charge in [0.2, 0.25) is 0 Å². The molecule has 108 valence electrons. The van der Waals surface area contributed by atoms with Gasteiger partial charge >= 0.3 is 0 Å². The molecule has 0 bridgehead atoms. The van der Waals surface area contributed by atoms with Crippen LogP contribution in [0.5, 0.6) is 0 Å². The number of anilines is 1. The molecule has 1 aliphatic heterocycles. The molecular weight excluding hydrogens is 267 g/mol. The summed E-state index contributed by atoms with van der Waals surface area (Å²) in [6.45, 7) is 0.645. The second-order valence-corrected chi connectivity index (χ2v) is 5.31. The summed E-state index contributed by atoms with van der Waals surface area (Å²) in [6, 6.07) is 14.0. The fourth-order valence-electron chi connectivity index (χ4n) is 2.89. The standard InChI is InChI=1S/C17H17FN2O/c18-15-9-8-13(19)11-14(15)17(21)20-10-4-7-16(20)12-5-2-1-3-6-12/h1-3,5-6,8-9,11,16H,4,7,10,19H2. The van der Waals surface area contributed by atoms with Crippen molar-refractivity contribution >= 4 is 11.6 Å². The van der Waals surface area contributed by atoms with Gasteiger partial charge in [-0.25, -0.2) is 4.39 Å². The molecule has 1 unspecified atom stereocenters. The Kier molecular flexibility index (Phi) is 3.60. The van der Waals surface area contributed by atoms with E-state index in [-0.39, 0.29) is 17.5 Å². The van der Waals surface area contributed by atoms with Crippen molar-refractivity contribution in [1.29, 1.82) is 0 Å². The van der Waals surface area contributed by atoms with Crippen LogP contribution in [0, 0.1) is 5.82 Å². The predicted molar refractivity (Wildman–Crippen MR) is 80.3 cm³/mol. The highest BCUT2D eigenvalue weighted by Crippen LogP contribution is 2.33. The van der Waals surface area contributed by atoms with E-state index in [9.17, 15) is 9.18 Å². The smallest absolute Gasteiger partial charge is 0.257 e. The molecule has 21 heavy (non-hydrogen) atoms.